The van der Waals surface area contributed by atoms with Gasteiger partial charge in [0.05, 0.1) is 4.92 Å². The largest absolute Gasteiger partial charge is 0.454 e. The predicted octanol–water partition coefficient (Wildman–Crippen LogP) is 2.69. The maximum absolute atomic E-state index is 11.1. The number of nitrogen functional groups attached to an aromatic ring is 1. The molecule has 100 valence electrons. The van der Waals surface area contributed by atoms with E-state index in [9.17, 15) is 10.1 Å². The van der Waals surface area contributed by atoms with E-state index in [0.717, 1.165) is 10.9 Å². The van der Waals surface area contributed by atoms with Crippen LogP contribution >= 0.6 is 0 Å². The Balaban J connectivity index is 2.25. The summed E-state index contributed by atoms with van der Waals surface area (Å²) in [4.78, 5) is 18.0. The summed E-state index contributed by atoms with van der Waals surface area (Å²) < 4.78 is 5.60. The molecule has 0 atom stereocenters. The van der Waals surface area contributed by atoms with Gasteiger partial charge in [0.15, 0.2) is 11.5 Å². The maximum atomic E-state index is 11.1. The first-order valence-corrected chi connectivity index (χ1v) is 5.81. The van der Waals surface area contributed by atoms with Gasteiger partial charge in [-0.3, -0.25) is 10.1 Å². The normalized spacial score (nSPS) is 10.8. The number of furan rings is 1. The van der Waals surface area contributed by atoms with Crippen LogP contribution in [0.25, 0.3) is 22.4 Å². The van der Waals surface area contributed by atoms with Crippen LogP contribution in [0, 0.1) is 17.0 Å². The van der Waals surface area contributed by atoms with E-state index in [-0.39, 0.29) is 17.2 Å². The van der Waals surface area contributed by atoms with Gasteiger partial charge in [-0.15, -0.1) is 0 Å². The average Bonchev–Trinajstić information content (AvgIpc) is 2.80. The Morgan fingerprint density at radius 1 is 1.30 bits per heavy atom. The van der Waals surface area contributed by atoms with Crippen LogP contribution in [-0.4, -0.2) is 14.9 Å². The Morgan fingerprint density at radius 2 is 2.10 bits per heavy atom. The van der Waals surface area contributed by atoms with Gasteiger partial charge in [0.25, 0.3) is 0 Å². The van der Waals surface area contributed by atoms with Crippen molar-refractivity contribution in [2.24, 2.45) is 0 Å². The third-order valence-electron chi connectivity index (χ3n) is 2.94. The summed E-state index contributed by atoms with van der Waals surface area (Å²) >= 11 is 0. The van der Waals surface area contributed by atoms with Crippen LogP contribution in [0.1, 0.15) is 5.56 Å². The number of benzene rings is 1. The molecule has 2 aromatic heterocycles. The summed E-state index contributed by atoms with van der Waals surface area (Å²) in [5, 5.41) is 11.9. The number of nitro groups is 1. The van der Waals surface area contributed by atoms with Crippen LogP contribution in [0.4, 0.5) is 11.5 Å². The first kappa shape index (κ1) is 12.1. The molecule has 1 aromatic carbocycles. The number of anilines is 1. The number of hydrogen-bond donors (Lipinski definition) is 1. The molecular formula is C13H10N4O3. The second kappa shape index (κ2) is 4.30. The second-order valence-corrected chi connectivity index (χ2v) is 4.37. The van der Waals surface area contributed by atoms with E-state index in [1.165, 1.54) is 6.33 Å². The fourth-order valence-electron chi connectivity index (χ4n) is 2.03. The van der Waals surface area contributed by atoms with Crippen molar-refractivity contribution >= 4 is 22.5 Å². The predicted molar refractivity (Wildman–Crippen MR) is 73.0 cm³/mol. The van der Waals surface area contributed by atoms with Gasteiger partial charge < -0.3 is 10.2 Å². The van der Waals surface area contributed by atoms with Gasteiger partial charge in [-0.25, -0.2) is 9.97 Å². The molecule has 0 saturated heterocycles. The van der Waals surface area contributed by atoms with Gasteiger partial charge in [-0.05, 0) is 25.1 Å². The number of aromatic nitrogens is 2. The molecule has 3 rings (SSSR count). The third-order valence-corrected chi connectivity index (χ3v) is 2.94. The van der Waals surface area contributed by atoms with Crippen LogP contribution < -0.4 is 5.73 Å². The van der Waals surface area contributed by atoms with Crippen LogP contribution in [0.15, 0.2) is 35.0 Å². The smallest absolute Gasteiger partial charge is 0.340 e. The first-order chi connectivity index (χ1) is 9.56. The molecule has 0 aliphatic carbocycles. The molecule has 0 radical (unpaired) electrons. The molecule has 0 aliphatic heterocycles. The molecule has 0 bridgehead atoms. The second-order valence-electron chi connectivity index (χ2n) is 4.37. The van der Waals surface area contributed by atoms with Crippen molar-refractivity contribution in [3.8, 4) is 11.5 Å². The lowest BCUT2D eigenvalue weighted by Gasteiger charge is -1.99. The Morgan fingerprint density at radius 3 is 2.85 bits per heavy atom. The van der Waals surface area contributed by atoms with Crippen molar-refractivity contribution in [2.45, 2.75) is 6.92 Å². The molecule has 20 heavy (non-hydrogen) atoms. The van der Waals surface area contributed by atoms with Crippen LogP contribution in [0.3, 0.4) is 0 Å². The monoisotopic (exact) mass is 270 g/mol. The van der Waals surface area contributed by atoms with Crippen molar-refractivity contribution in [1.29, 1.82) is 0 Å². The van der Waals surface area contributed by atoms with E-state index in [2.05, 4.69) is 9.97 Å². The average molecular weight is 270 g/mol. The highest BCUT2D eigenvalue weighted by atomic mass is 16.6. The molecule has 2 heterocycles. The molecule has 0 fully saturated rings. The summed E-state index contributed by atoms with van der Waals surface area (Å²) in [5.41, 5.74) is 6.99. The topological polar surface area (TPSA) is 108 Å². The maximum Gasteiger partial charge on any atom is 0.340 e. The number of fused-ring (bicyclic) bond motifs is 1. The van der Waals surface area contributed by atoms with Crippen molar-refractivity contribution < 1.29 is 9.34 Å². The Labute approximate surface area is 113 Å². The first-order valence-electron chi connectivity index (χ1n) is 5.81. The summed E-state index contributed by atoms with van der Waals surface area (Å²) in [6.07, 6.45) is 1.18. The lowest BCUT2D eigenvalue weighted by Crippen LogP contribution is -2.01. The molecule has 0 unspecified atom stereocenters. The van der Waals surface area contributed by atoms with E-state index in [1.54, 1.807) is 6.07 Å². The van der Waals surface area contributed by atoms with Gasteiger partial charge in [0.1, 0.15) is 11.9 Å². The number of rotatable bonds is 2. The number of hydrogen-bond acceptors (Lipinski definition) is 6. The Hall–Kier alpha value is -2.96. The molecule has 0 saturated carbocycles. The van der Waals surface area contributed by atoms with E-state index in [1.807, 2.05) is 25.1 Å². The highest BCUT2D eigenvalue weighted by molar-refractivity contribution is 5.85. The standard InChI is InChI=1S/C13H10N4O3/c1-7-2-3-9-8(4-7)5-10(20-9)11-12(17(18)19)13(14)16-6-15-11/h2-6H,1H3,(H2,14,15,16). The molecule has 7 heteroatoms. The lowest BCUT2D eigenvalue weighted by molar-refractivity contribution is -0.383. The minimum atomic E-state index is -0.608. The highest BCUT2D eigenvalue weighted by Crippen LogP contribution is 2.34. The van der Waals surface area contributed by atoms with E-state index in [0.29, 0.717) is 11.3 Å². The summed E-state index contributed by atoms with van der Waals surface area (Å²) in [5.74, 6) is 0.114. The molecule has 0 amide bonds. The number of nitrogens with zero attached hydrogens (tertiary/aromatic N) is 3. The van der Waals surface area contributed by atoms with Crippen molar-refractivity contribution in [1.82, 2.24) is 9.97 Å². The van der Waals surface area contributed by atoms with E-state index in [4.69, 9.17) is 10.2 Å². The van der Waals surface area contributed by atoms with Crippen molar-refractivity contribution in [3.63, 3.8) is 0 Å². The lowest BCUT2D eigenvalue weighted by atomic mass is 10.2. The highest BCUT2D eigenvalue weighted by Gasteiger charge is 2.24. The quantitative estimate of drug-likeness (QED) is 0.566. The third kappa shape index (κ3) is 1.85. The van der Waals surface area contributed by atoms with Gasteiger partial charge in [-0.1, -0.05) is 11.6 Å². The number of nitrogens with two attached hydrogens (primary N) is 1. The van der Waals surface area contributed by atoms with E-state index >= 15 is 0 Å². The summed E-state index contributed by atoms with van der Waals surface area (Å²) in [7, 11) is 0. The van der Waals surface area contributed by atoms with E-state index < -0.39 is 4.92 Å². The van der Waals surface area contributed by atoms with Gasteiger partial charge in [-0.2, -0.15) is 0 Å². The zero-order valence-corrected chi connectivity index (χ0v) is 10.5. The molecular weight excluding hydrogens is 260 g/mol. The van der Waals surface area contributed by atoms with Crippen LogP contribution in [0.5, 0.6) is 0 Å². The molecule has 3 aromatic rings. The van der Waals surface area contributed by atoms with Gasteiger partial charge in [0, 0.05) is 5.39 Å². The molecule has 7 nitrogen and oxygen atoms in total. The summed E-state index contributed by atoms with van der Waals surface area (Å²) in [6, 6.07) is 7.35. The molecule has 2 N–H and O–H groups in total. The summed E-state index contributed by atoms with van der Waals surface area (Å²) in [6.45, 7) is 1.96. The van der Waals surface area contributed by atoms with Crippen LogP contribution in [-0.2, 0) is 0 Å². The minimum absolute atomic E-state index is 0.0800. The fourth-order valence-corrected chi connectivity index (χ4v) is 2.03. The zero-order chi connectivity index (χ0) is 14.3. The zero-order valence-electron chi connectivity index (χ0n) is 10.5. The molecule has 0 aliphatic rings. The van der Waals surface area contributed by atoms with Crippen molar-refractivity contribution in [2.75, 3.05) is 5.73 Å². The van der Waals surface area contributed by atoms with Crippen molar-refractivity contribution in [3.05, 3.63) is 46.3 Å². The van der Waals surface area contributed by atoms with Gasteiger partial charge in [0.2, 0.25) is 5.82 Å². The number of aryl methyl sites for hydroxylation is 1. The Kier molecular flexibility index (Phi) is 2.60. The molecule has 0 spiro atoms. The fraction of sp³-hybridized carbons (Fsp3) is 0.0769. The van der Waals surface area contributed by atoms with Gasteiger partial charge >= 0.3 is 5.69 Å². The SMILES string of the molecule is Cc1ccc2oc(-c3ncnc(N)c3[N+](=O)[O-])cc2c1. The Bertz CT molecular complexity index is 826. The van der Waals surface area contributed by atoms with Crippen LogP contribution in [0.2, 0.25) is 0 Å². The minimum Gasteiger partial charge on any atom is -0.454 e.